The van der Waals surface area contributed by atoms with Gasteiger partial charge in [0.1, 0.15) is 0 Å². The highest BCUT2D eigenvalue weighted by molar-refractivity contribution is 7.11. The van der Waals surface area contributed by atoms with Gasteiger partial charge in [0.05, 0.1) is 18.9 Å². The lowest BCUT2D eigenvalue weighted by Crippen LogP contribution is -2.35. The number of hydrogen-bond acceptors (Lipinski definition) is 7. The van der Waals surface area contributed by atoms with E-state index >= 15 is 0 Å². The van der Waals surface area contributed by atoms with E-state index in [1.54, 1.807) is 0 Å². The number of hydrogen-bond donors (Lipinski definition) is 1. The molecule has 7 nitrogen and oxygen atoms in total. The van der Waals surface area contributed by atoms with Crippen molar-refractivity contribution < 1.29 is 9.53 Å². The first-order valence-corrected chi connectivity index (χ1v) is 8.99. The molecule has 1 aromatic rings. The average molecular weight is 347 g/mol. The first kappa shape index (κ1) is 17.0. The second kappa shape index (κ2) is 7.83. The number of nitrogens with zero attached hydrogens (tertiary/aromatic N) is 4. The third kappa shape index (κ3) is 4.60. The molecule has 128 valence electrons. The van der Waals surface area contributed by atoms with Gasteiger partial charge < -0.3 is 10.1 Å². The van der Waals surface area contributed by atoms with Gasteiger partial charge in [0, 0.05) is 50.8 Å². The molecule has 24 heavy (non-hydrogen) atoms. The fourth-order valence-corrected chi connectivity index (χ4v) is 3.32. The predicted molar refractivity (Wildman–Crippen MR) is 90.8 cm³/mol. The Labute approximate surface area is 145 Å². The Hall–Kier alpha value is -1.82. The number of nitrogens with one attached hydrogen (secondary N) is 1. The predicted octanol–water partition coefficient (Wildman–Crippen LogP) is 1.67. The van der Waals surface area contributed by atoms with Gasteiger partial charge in [-0.15, -0.1) is 23.7 Å². The SMILES string of the molecule is C#CCCC1(CCNC(=O)c2nc(CN3CCOCC3)cs2)N=N1. The first-order chi connectivity index (χ1) is 11.7. The molecule has 0 saturated carbocycles. The maximum atomic E-state index is 12.2. The molecule has 8 heteroatoms. The molecular formula is C16H21N5O2S. The quantitative estimate of drug-likeness (QED) is 0.726. The standard InChI is InChI=1S/C16H21N5O2S/c1-2-3-4-16(19-20-16)5-6-17-14(22)15-18-13(12-24-15)11-21-7-9-23-10-8-21/h1,12H,3-11H2,(H,17,22). The van der Waals surface area contributed by atoms with Crippen LogP contribution < -0.4 is 5.32 Å². The Morgan fingerprint density at radius 1 is 1.42 bits per heavy atom. The number of thiazole rings is 1. The lowest BCUT2D eigenvalue weighted by atomic mass is 10.0. The second-order valence-electron chi connectivity index (χ2n) is 5.92. The largest absolute Gasteiger partial charge is 0.379 e. The number of carbonyl (C=O) groups is 1. The molecule has 2 aliphatic heterocycles. The third-order valence-corrected chi connectivity index (χ3v) is 4.99. The molecule has 2 aliphatic rings. The number of morpholine rings is 1. The molecule has 1 amide bonds. The van der Waals surface area contributed by atoms with Crippen LogP contribution >= 0.6 is 11.3 Å². The van der Waals surface area contributed by atoms with Crippen LogP contribution in [0, 0.1) is 12.3 Å². The minimum absolute atomic E-state index is 0.138. The molecule has 3 heterocycles. The van der Waals surface area contributed by atoms with Gasteiger partial charge in [-0.3, -0.25) is 9.69 Å². The van der Waals surface area contributed by atoms with Crippen molar-refractivity contribution in [2.24, 2.45) is 10.2 Å². The highest BCUT2D eigenvalue weighted by Gasteiger charge is 2.38. The second-order valence-corrected chi connectivity index (χ2v) is 6.78. The molecule has 3 rings (SSSR count). The van der Waals surface area contributed by atoms with E-state index in [1.807, 2.05) is 5.38 Å². The molecule has 0 unspecified atom stereocenters. The van der Waals surface area contributed by atoms with Crippen LogP contribution in [-0.2, 0) is 11.3 Å². The summed E-state index contributed by atoms with van der Waals surface area (Å²) in [7, 11) is 0. The highest BCUT2D eigenvalue weighted by atomic mass is 32.1. The summed E-state index contributed by atoms with van der Waals surface area (Å²) in [5, 5.41) is 13.5. The molecule has 1 saturated heterocycles. The summed E-state index contributed by atoms with van der Waals surface area (Å²) < 4.78 is 5.33. The van der Waals surface area contributed by atoms with Gasteiger partial charge in [-0.2, -0.15) is 10.2 Å². The van der Waals surface area contributed by atoms with Crippen LogP contribution in [-0.4, -0.2) is 54.3 Å². The summed E-state index contributed by atoms with van der Waals surface area (Å²) in [5.41, 5.74) is 0.578. The van der Waals surface area contributed by atoms with Crippen LogP contribution in [0.5, 0.6) is 0 Å². The van der Waals surface area contributed by atoms with Gasteiger partial charge in [0.25, 0.3) is 5.91 Å². The van der Waals surface area contributed by atoms with E-state index in [0.717, 1.165) is 45.0 Å². The van der Waals surface area contributed by atoms with Crippen LogP contribution in [0.4, 0.5) is 0 Å². The number of carbonyl (C=O) groups excluding carboxylic acids is 1. The van der Waals surface area contributed by atoms with Crippen LogP contribution in [0.1, 0.15) is 34.8 Å². The summed E-state index contributed by atoms with van der Waals surface area (Å²) >= 11 is 1.38. The van der Waals surface area contributed by atoms with Gasteiger partial charge in [0.15, 0.2) is 10.7 Å². The van der Waals surface area contributed by atoms with Crippen molar-refractivity contribution in [1.82, 2.24) is 15.2 Å². The van der Waals surface area contributed by atoms with Crippen LogP contribution in [0.25, 0.3) is 0 Å². The zero-order valence-corrected chi connectivity index (χ0v) is 14.3. The van der Waals surface area contributed by atoms with Crippen molar-refractivity contribution >= 4 is 17.2 Å². The van der Waals surface area contributed by atoms with Crippen LogP contribution in [0.3, 0.4) is 0 Å². The van der Waals surface area contributed by atoms with E-state index in [2.05, 4.69) is 31.3 Å². The Morgan fingerprint density at radius 3 is 2.92 bits per heavy atom. The Morgan fingerprint density at radius 2 is 2.21 bits per heavy atom. The molecular weight excluding hydrogens is 326 g/mol. The molecule has 0 aliphatic carbocycles. The van der Waals surface area contributed by atoms with Gasteiger partial charge >= 0.3 is 0 Å². The summed E-state index contributed by atoms with van der Waals surface area (Å²) in [6.45, 7) is 4.62. The zero-order chi connectivity index (χ0) is 16.8. The van der Waals surface area contributed by atoms with Crippen molar-refractivity contribution in [3.63, 3.8) is 0 Å². The minimum Gasteiger partial charge on any atom is -0.379 e. The first-order valence-electron chi connectivity index (χ1n) is 8.11. The number of aromatic nitrogens is 1. The molecule has 0 aromatic carbocycles. The number of ether oxygens (including phenoxy) is 1. The summed E-state index contributed by atoms with van der Waals surface area (Å²) in [6.07, 6.45) is 7.35. The molecule has 0 radical (unpaired) electrons. The van der Waals surface area contributed by atoms with Crippen molar-refractivity contribution in [2.45, 2.75) is 31.5 Å². The monoisotopic (exact) mass is 347 g/mol. The van der Waals surface area contributed by atoms with Gasteiger partial charge in [-0.1, -0.05) is 0 Å². The molecule has 1 fully saturated rings. The van der Waals surface area contributed by atoms with Crippen LogP contribution in [0.15, 0.2) is 15.6 Å². The van der Waals surface area contributed by atoms with Gasteiger partial charge in [-0.05, 0) is 0 Å². The Balaban J connectivity index is 1.41. The van der Waals surface area contributed by atoms with E-state index in [0.29, 0.717) is 24.4 Å². The van der Waals surface area contributed by atoms with Crippen LogP contribution in [0.2, 0.25) is 0 Å². The van der Waals surface area contributed by atoms with Crippen molar-refractivity contribution in [2.75, 3.05) is 32.8 Å². The Kier molecular flexibility index (Phi) is 5.56. The highest BCUT2D eigenvalue weighted by Crippen LogP contribution is 2.36. The lowest BCUT2D eigenvalue weighted by molar-refractivity contribution is 0.0337. The molecule has 0 spiro atoms. The lowest BCUT2D eigenvalue weighted by Gasteiger charge is -2.25. The molecule has 1 N–H and O–H groups in total. The minimum atomic E-state index is -0.357. The van der Waals surface area contributed by atoms with E-state index < -0.39 is 0 Å². The number of terminal acetylenes is 1. The fourth-order valence-electron chi connectivity index (χ4n) is 2.59. The zero-order valence-electron chi connectivity index (χ0n) is 13.5. The molecule has 0 atom stereocenters. The van der Waals surface area contributed by atoms with E-state index in [1.165, 1.54) is 11.3 Å². The van der Waals surface area contributed by atoms with E-state index in [9.17, 15) is 4.79 Å². The maximum absolute atomic E-state index is 12.2. The van der Waals surface area contributed by atoms with E-state index in [4.69, 9.17) is 11.2 Å². The molecule has 0 bridgehead atoms. The van der Waals surface area contributed by atoms with Crippen molar-refractivity contribution in [3.05, 3.63) is 16.1 Å². The third-order valence-electron chi connectivity index (χ3n) is 4.10. The van der Waals surface area contributed by atoms with E-state index in [-0.39, 0.29) is 11.6 Å². The normalized spacial score (nSPS) is 19.0. The van der Waals surface area contributed by atoms with Crippen molar-refractivity contribution in [1.29, 1.82) is 0 Å². The summed E-state index contributed by atoms with van der Waals surface area (Å²) in [5.74, 6) is 2.46. The Bertz CT molecular complexity index is 639. The van der Waals surface area contributed by atoms with Crippen molar-refractivity contribution in [3.8, 4) is 12.3 Å². The number of amides is 1. The topological polar surface area (TPSA) is 79.2 Å². The fraction of sp³-hybridized carbons (Fsp3) is 0.625. The summed E-state index contributed by atoms with van der Waals surface area (Å²) in [4.78, 5) is 18.9. The smallest absolute Gasteiger partial charge is 0.280 e. The van der Waals surface area contributed by atoms with Gasteiger partial charge in [-0.25, -0.2) is 4.98 Å². The summed E-state index contributed by atoms with van der Waals surface area (Å²) in [6, 6.07) is 0. The number of rotatable bonds is 8. The van der Waals surface area contributed by atoms with Gasteiger partial charge in [0.2, 0.25) is 0 Å². The average Bonchev–Trinajstić information content (AvgIpc) is 3.21. The molecule has 1 aromatic heterocycles. The maximum Gasteiger partial charge on any atom is 0.280 e.